The largest absolute Gasteiger partial charge is 0.468 e. The van der Waals surface area contributed by atoms with Crippen LogP contribution in [0.5, 0.6) is 5.75 Å². The topological polar surface area (TPSA) is 68.3 Å². The molecule has 17 heavy (non-hydrogen) atoms. The molecule has 3 N–H and O–H groups in total. The molecule has 1 fully saturated rings. The second-order valence-corrected chi connectivity index (χ2v) is 4.54. The molecule has 0 amide bonds. The molecular formula is C12H15ClN2O2. The lowest BCUT2D eigenvalue weighted by atomic mass is 10.2. The Morgan fingerprint density at radius 2 is 2.24 bits per heavy atom. The van der Waals surface area contributed by atoms with Gasteiger partial charge in [-0.1, -0.05) is 11.6 Å². The van der Waals surface area contributed by atoms with Crippen LogP contribution in [0, 0.1) is 11.3 Å². The van der Waals surface area contributed by atoms with E-state index in [1.165, 1.54) is 12.8 Å². The Hall–Kier alpha value is -1.26. The van der Waals surface area contributed by atoms with E-state index in [0.717, 1.165) is 12.5 Å². The van der Waals surface area contributed by atoms with Crippen LogP contribution in [0.4, 0.5) is 0 Å². The number of rotatable bonds is 6. The maximum absolute atomic E-state index is 7.30. The Labute approximate surface area is 105 Å². The highest BCUT2D eigenvalue weighted by molar-refractivity contribution is 6.34. The summed E-state index contributed by atoms with van der Waals surface area (Å²) in [6, 6.07) is 5.03. The molecule has 0 aromatic heterocycles. The van der Waals surface area contributed by atoms with Gasteiger partial charge < -0.3 is 15.2 Å². The van der Waals surface area contributed by atoms with Gasteiger partial charge in [0.25, 0.3) is 0 Å². The number of amidine groups is 1. The number of nitrogen functional groups attached to an aromatic ring is 1. The van der Waals surface area contributed by atoms with E-state index in [0.29, 0.717) is 16.3 Å². The Morgan fingerprint density at radius 3 is 2.82 bits per heavy atom. The lowest BCUT2D eigenvalue weighted by Gasteiger charge is -2.08. The summed E-state index contributed by atoms with van der Waals surface area (Å²) in [7, 11) is 0. The highest BCUT2D eigenvalue weighted by Crippen LogP contribution is 2.28. The van der Waals surface area contributed by atoms with Crippen molar-refractivity contribution < 1.29 is 9.47 Å². The molecule has 1 aromatic rings. The SMILES string of the molecule is N=C(N)c1ccc(OCOCC2CC2)cc1Cl. The van der Waals surface area contributed by atoms with E-state index in [1.54, 1.807) is 18.2 Å². The third-order valence-electron chi connectivity index (χ3n) is 2.59. The molecule has 0 spiro atoms. The van der Waals surface area contributed by atoms with Crippen molar-refractivity contribution >= 4 is 17.4 Å². The predicted molar refractivity (Wildman–Crippen MR) is 66.6 cm³/mol. The van der Waals surface area contributed by atoms with Gasteiger partial charge in [0.15, 0.2) is 6.79 Å². The lowest BCUT2D eigenvalue weighted by molar-refractivity contribution is 0.00999. The minimum absolute atomic E-state index is 0.0495. The number of ether oxygens (including phenoxy) is 2. The molecule has 0 heterocycles. The van der Waals surface area contributed by atoms with E-state index >= 15 is 0 Å². The van der Waals surface area contributed by atoms with Crippen molar-refractivity contribution in [1.29, 1.82) is 5.41 Å². The maximum Gasteiger partial charge on any atom is 0.189 e. The van der Waals surface area contributed by atoms with Crippen molar-refractivity contribution in [1.82, 2.24) is 0 Å². The van der Waals surface area contributed by atoms with Gasteiger partial charge >= 0.3 is 0 Å². The van der Waals surface area contributed by atoms with Gasteiger partial charge in [-0.3, -0.25) is 5.41 Å². The fourth-order valence-electron chi connectivity index (χ4n) is 1.41. The lowest BCUT2D eigenvalue weighted by Crippen LogP contribution is -2.11. The summed E-state index contributed by atoms with van der Waals surface area (Å²) in [5.41, 5.74) is 5.87. The Kier molecular flexibility index (Phi) is 3.86. The van der Waals surface area contributed by atoms with Gasteiger partial charge in [0.1, 0.15) is 11.6 Å². The number of nitrogens with one attached hydrogen (secondary N) is 1. The van der Waals surface area contributed by atoms with Crippen LogP contribution in [-0.4, -0.2) is 19.2 Å². The Bertz CT molecular complexity index is 419. The molecule has 4 nitrogen and oxygen atoms in total. The van der Waals surface area contributed by atoms with Gasteiger partial charge in [0.05, 0.1) is 11.6 Å². The fraction of sp³-hybridized carbons (Fsp3) is 0.417. The summed E-state index contributed by atoms with van der Waals surface area (Å²) in [6.07, 6.45) is 2.53. The van der Waals surface area contributed by atoms with Gasteiger partial charge in [-0.25, -0.2) is 0 Å². The first-order chi connectivity index (χ1) is 8.16. The van der Waals surface area contributed by atoms with Crippen molar-refractivity contribution in [2.45, 2.75) is 12.8 Å². The highest BCUT2D eigenvalue weighted by Gasteiger charge is 2.21. The van der Waals surface area contributed by atoms with Crippen molar-refractivity contribution in [2.24, 2.45) is 11.7 Å². The van der Waals surface area contributed by atoms with E-state index in [2.05, 4.69) is 0 Å². The fourth-order valence-corrected chi connectivity index (χ4v) is 1.69. The van der Waals surface area contributed by atoms with Crippen LogP contribution >= 0.6 is 11.6 Å². The van der Waals surface area contributed by atoms with Gasteiger partial charge in [0, 0.05) is 5.56 Å². The number of nitrogens with two attached hydrogens (primary N) is 1. The molecule has 2 rings (SSSR count). The van der Waals surface area contributed by atoms with Gasteiger partial charge in [-0.15, -0.1) is 0 Å². The Balaban J connectivity index is 1.83. The monoisotopic (exact) mass is 254 g/mol. The van der Waals surface area contributed by atoms with Gasteiger partial charge in [0.2, 0.25) is 0 Å². The second kappa shape index (κ2) is 5.38. The summed E-state index contributed by atoms with van der Waals surface area (Å²) in [5, 5.41) is 7.71. The quantitative estimate of drug-likeness (QED) is 0.354. The molecule has 0 saturated heterocycles. The zero-order chi connectivity index (χ0) is 12.3. The summed E-state index contributed by atoms with van der Waals surface area (Å²) in [6.45, 7) is 0.992. The number of benzene rings is 1. The summed E-state index contributed by atoms with van der Waals surface area (Å²) >= 11 is 5.96. The first-order valence-electron chi connectivity index (χ1n) is 5.51. The van der Waals surface area contributed by atoms with Crippen molar-refractivity contribution in [3.05, 3.63) is 28.8 Å². The summed E-state index contributed by atoms with van der Waals surface area (Å²) in [4.78, 5) is 0. The van der Waals surface area contributed by atoms with E-state index in [1.807, 2.05) is 0 Å². The molecule has 1 aliphatic rings. The van der Waals surface area contributed by atoms with Gasteiger partial charge in [-0.05, 0) is 37.0 Å². The highest BCUT2D eigenvalue weighted by atomic mass is 35.5. The van der Waals surface area contributed by atoms with Crippen molar-refractivity contribution in [3.63, 3.8) is 0 Å². The molecule has 1 saturated carbocycles. The van der Waals surface area contributed by atoms with E-state index in [9.17, 15) is 0 Å². The second-order valence-electron chi connectivity index (χ2n) is 4.13. The molecule has 92 valence electrons. The minimum Gasteiger partial charge on any atom is -0.468 e. The number of hydrogen-bond donors (Lipinski definition) is 2. The first-order valence-corrected chi connectivity index (χ1v) is 5.89. The molecule has 0 unspecified atom stereocenters. The molecule has 0 aliphatic heterocycles. The third kappa shape index (κ3) is 3.61. The smallest absolute Gasteiger partial charge is 0.189 e. The van der Waals surface area contributed by atoms with Crippen LogP contribution in [0.25, 0.3) is 0 Å². The van der Waals surface area contributed by atoms with Crippen LogP contribution in [-0.2, 0) is 4.74 Å². The number of hydrogen-bond acceptors (Lipinski definition) is 3. The molecule has 1 aliphatic carbocycles. The molecule has 0 bridgehead atoms. The van der Waals surface area contributed by atoms with Crippen LogP contribution in [0.15, 0.2) is 18.2 Å². The molecule has 5 heteroatoms. The van der Waals surface area contributed by atoms with E-state index < -0.39 is 0 Å². The van der Waals surface area contributed by atoms with E-state index in [4.69, 9.17) is 32.2 Å². The Morgan fingerprint density at radius 1 is 1.47 bits per heavy atom. The summed E-state index contributed by atoms with van der Waals surface area (Å²) < 4.78 is 10.7. The average molecular weight is 255 g/mol. The van der Waals surface area contributed by atoms with Crippen molar-refractivity contribution in [2.75, 3.05) is 13.4 Å². The van der Waals surface area contributed by atoms with E-state index in [-0.39, 0.29) is 12.6 Å². The molecule has 0 radical (unpaired) electrons. The molecule has 1 aromatic carbocycles. The van der Waals surface area contributed by atoms with Crippen LogP contribution in [0.1, 0.15) is 18.4 Å². The first kappa shape index (κ1) is 12.2. The van der Waals surface area contributed by atoms with Crippen LogP contribution in [0.2, 0.25) is 5.02 Å². The van der Waals surface area contributed by atoms with Gasteiger partial charge in [-0.2, -0.15) is 0 Å². The zero-order valence-corrected chi connectivity index (χ0v) is 10.2. The molecular weight excluding hydrogens is 240 g/mol. The van der Waals surface area contributed by atoms with Crippen molar-refractivity contribution in [3.8, 4) is 5.75 Å². The number of halogens is 1. The maximum atomic E-state index is 7.30. The molecule has 0 atom stereocenters. The predicted octanol–water partition coefficient (Wildman–Crippen LogP) is 2.39. The van der Waals surface area contributed by atoms with Crippen LogP contribution < -0.4 is 10.5 Å². The minimum atomic E-state index is -0.0495. The average Bonchev–Trinajstić information content (AvgIpc) is 3.08. The standard InChI is InChI=1S/C12H15ClN2O2/c13-11-5-9(3-4-10(11)12(14)15)17-7-16-6-8-1-2-8/h3-5,8H,1-2,6-7H2,(H3,14,15). The summed E-state index contributed by atoms with van der Waals surface area (Å²) in [5.74, 6) is 1.30. The zero-order valence-electron chi connectivity index (χ0n) is 9.41. The normalized spacial score (nSPS) is 14.6. The third-order valence-corrected chi connectivity index (χ3v) is 2.90. The van der Waals surface area contributed by atoms with Crippen LogP contribution in [0.3, 0.4) is 0 Å².